The van der Waals surface area contributed by atoms with Gasteiger partial charge in [-0.3, -0.25) is 0 Å². The topological polar surface area (TPSA) is 0 Å². The predicted octanol–water partition coefficient (Wildman–Crippen LogP) is 5.70. The van der Waals surface area contributed by atoms with Crippen LogP contribution >= 0.6 is 11.3 Å². The van der Waals surface area contributed by atoms with Gasteiger partial charge in [-0.25, -0.2) is 0 Å². The number of rotatable bonds is 0. The van der Waals surface area contributed by atoms with E-state index in [0.717, 1.165) is 0 Å². The standard InChI is InChI=1S/C18H10S/c1-2-5-13-12(4-1)14-6-3-7-15-17(14)16(13)10-11-8-9-19-18(11)15/h1-10H. The molecule has 3 aromatic carbocycles. The summed E-state index contributed by atoms with van der Waals surface area (Å²) in [6.07, 6.45) is 0. The Labute approximate surface area is 114 Å². The summed E-state index contributed by atoms with van der Waals surface area (Å²) in [6.45, 7) is 0. The molecule has 0 atom stereocenters. The largest absolute Gasteiger partial charge is 0.143 e. The summed E-state index contributed by atoms with van der Waals surface area (Å²) in [5, 5.41) is 6.38. The van der Waals surface area contributed by atoms with Gasteiger partial charge in [-0.05, 0) is 50.5 Å². The van der Waals surface area contributed by atoms with Crippen LogP contribution < -0.4 is 0 Å². The van der Waals surface area contributed by atoms with E-state index in [0.29, 0.717) is 0 Å². The molecular weight excluding hydrogens is 248 g/mol. The molecular formula is C18H10S. The van der Waals surface area contributed by atoms with E-state index in [2.05, 4.69) is 60.0 Å². The zero-order chi connectivity index (χ0) is 12.4. The highest BCUT2D eigenvalue weighted by molar-refractivity contribution is 7.18. The fraction of sp³-hybridized carbons (Fsp3) is 0. The molecule has 4 aromatic rings. The molecule has 0 aliphatic heterocycles. The van der Waals surface area contributed by atoms with Crippen LogP contribution in [0.4, 0.5) is 0 Å². The SMILES string of the molecule is c1ccc2c(c1)-c1cccc3c1c-2cc1ccsc13. The molecule has 0 spiro atoms. The van der Waals surface area contributed by atoms with Gasteiger partial charge in [0.05, 0.1) is 0 Å². The molecule has 0 radical (unpaired) electrons. The Morgan fingerprint density at radius 1 is 0.684 bits per heavy atom. The van der Waals surface area contributed by atoms with Gasteiger partial charge in [0, 0.05) is 10.1 Å². The molecule has 0 saturated carbocycles. The summed E-state index contributed by atoms with van der Waals surface area (Å²) in [5.74, 6) is 0. The van der Waals surface area contributed by atoms with Crippen LogP contribution in [0.25, 0.3) is 43.1 Å². The van der Waals surface area contributed by atoms with Gasteiger partial charge in [-0.15, -0.1) is 11.3 Å². The summed E-state index contributed by atoms with van der Waals surface area (Å²) >= 11 is 1.84. The van der Waals surface area contributed by atoms with Gasteiger partial charge >= 0.3 is 0 Å². The number of hydrogen-bond donors (Lipinski definition) is 0. The number of thiophene rings is 1. The van der Waals surface area contributed by atoms with Crippen molar-refractivity contribution in [3.8, 4) is 22.3 Å². The van der Waals surface area contributed by atoms with Crippen LogP contribution in [0.3, 0.4) is 0 Å². The van der Waals surface area contributed by atoms with Crippen LogP contribution in [0, 0.1) is 0 Å². The Morgan fingerprint density at radius 2 is 1.47 bits per heavy atom. The second-order valence-corrected chi connectivity index (χ2v) is 5.95. The van der Waals surface area contributed by atoms with Crippen LogP contribution in [0.5, 0.6) is 0 Å². The third-order valence-corrected chi connectivity index (χ3v) is 5.04. The monoisotopic (exact) mass is 258 g/mol. The molecule has 0 fully saturated rings. The Hall–Kier alpha value is -2.12. The van der Waals surface area contributed by atoms with E-state index in [9.17, 15) is 0 Å². The average Bonchev–Trinajstić information content (AvgIpc) is 3.05. The van der Waals surface area contributed by atoms with E-state index < -0.39 is 0 Å². The zero-order valence-electron chi connectivity index (χ0n) is 10.2. The minimum Gasteiger partial charge on any atom is -0.143 e. The van der Waals surface area contributed by atoms with E-state index in [4.69, 9.17) is 0 Å². The summed E-state index contributed by atoms with van der Waals surface area (Å²) in [7, 11) is 0. The Balaban J connectivity index is 2.14. The Bertz CT molecular complexity index is 960. The molecule has 1 heterocycles. The normalized spacial score (nSPS) is 12.2. The lowest BCUT2D eigenvalue weighted by atomic mass is 10.0. The first kappa shape index (κ1) is 9.76. The molecule has 0 amide bonds. The molecule has 0 unspecified atom stereocenters. The van der Waals surface area contributed by atoms with Gasteiger partial charge in [0.25, 0.3) is 0 Å². The number of hydrogen-bond acceptors (Lipinski definition) is 1. The molecule has 1 heteroatoms. The summed E-state index contributed by atoms with van der Waals surface area (Å²) in [5.41, 5.74) is 5.54. The maximum absolute atomic E-state index is 2.35. The van der Waals surface area contributed by atoms with E-state index in [-0.39, 0.29) is 0 Å². The molecule has 0 nitrogen and oxygen atoms in total. The van der Waals surface area contributed by atoms with Crippen molar-refractivity contribution in [3.63, 3.8) is 0 Å². The summed E-state index contributed by atoms with van der Waals surface area (Å²) < 4.78 is 1.41. The van der Waals surface area contributed by atoms with Crippen molar-refractivity contribution in [1.82, 2.24) is 0 Å². The molecule has 1 aliphatic rings. The van der Waals surface area contributed by atoms with Gasteiger partial charge < -0.3 is 0 Å². The first-order valence-corrected chi connectivity index (χ1v) is 7.34. The van der Waals surface area contributed by atoms with Gasteiger partial charge in [-0.1, -0.05) is 42.5 Å². The first-order chi connectivity index (χ1) is 9.43. The second kappa shape index (κ2) is 3.25. The van der Waals surface area contributed by atoms with E-state index >= 15 is 0 Å². The molecule has 5 rings (SSSR count). The van der Waals surface area contributed by atoms with Gasteiger partial charge in [0.2, 0.25) is 0 Å². The third-order valence-electron chi connectivity index (χ3n) is 4.08. The lowest BCUT2D eigenvalue weighted by Gasteiger charge is -2.03. The minimum atomic E-state index is 1.36. The minimum absolute atomic E-state index is 1.36. The summed E-state index contributed by atoms with van der Waals surface area (Å²) in [6, 6.07) is 20.0. The average molecular weight is 258 g/mol. The third kappa shape index (κ3) is 1.09. The molecule has 0 saturated heterocycles. The smallest absolute Gasteiger partial charge is 0.0421 e. The van der Waals surface area contributed by atoms with Gasteiger partial charge in [-0.2, -0.15) is 0 Å². The fourth-order valence-electron chi connectivity index (χ4n) is 3.30. The molecule has 19 heavy (non-hydrogen) atoms. The van der Waals surface area contributed by atoms with Crippen molar-refractivity contribution in [2.75, 3.05) is 0 Å². The highest BCUT2D eigenvalue weighted by Crippen LogP contribution is 2.49. The van der Waals surface area contributed by atoms with E-state index in [1.807, 2.05) is 11.3 Å². The molecule has 1 aromatic heterocycles. The van der Waals surface area contributed by atoms with Crippen molar-refractivity contribution >= 4 is 32.2 Å². The van der Waals surface area contributed by atoms with Gasteiger partial charge in [0.15, 0.2) is 0 Å². The number of benzene rings is 3. The van der Waals surface area contributed by atoms with Crippen molar-refractivity contribution in [1.29, 1.82) is 0 Å². The predicted molar refractivity (Wildman–Crippen MR) is 83.8 cm³/mol. The summed E-state index contributed by atoms with van der Waals surface area (Å²) in [4.78, 5) is 0. The lowest BCUT2D eigenvalue weighted by Crippen LogP contribution is -1.76. The van der Waals surface area contributed by atoms with Crippen molar-refractivity contribution < 1.29 is 0 Å². The maximum atomic E-state index is 2.35. The molecule has 88 valence electrons. The second-order valence-electron chi connectivity index (χ2n) is 5.04. The zero-order valence-corrected chi connectivity index (χ0v) is 11.0. The van der Waals surface area contributed by atoms with Crippen LogP contribution in [-0.2, 0) is 0 Å². The number of fused-ring (bicyclic) bond motifs is 5. The van der Waals surface area contributed by atoms with Crippen LogP contribution in [0.15, 0.2) is 60.0 Å². The fourth-order valence-corrected chi connectivity index (χ4v) is 4.21. The molecule has 0 N–H and O–H groups in total. The highest BCUT2D eigenvalue weighted by atomic mass is 32.1. The van der Waals surface area contributed by atoms with Gasteiger partial charge in [0.1, 0.15) is 0 Å². The van der Waals surface area contributed by atoms with E-state index in [1.54, 1.807) is 0 Å². The van der Waals surface area contributed by atoms with Crippen LogP contribution in [0.2, 0.25) is 0 Å². The molecule has 0 bridgehead atoms. The first-order valence-electron chi connectivity index (χ1n) is 6.46. The maximum Gasteiger partial charge on any atom is 0.0421 e. The Morgan fingerprint density at radius 3 is 2.37 bits per heavy atom. The molecule has 1 aliphatic carbocycles. The van der Waals surface area contributed by atoms with Crippen LogP contribution in [-0.4, -0.2) is 0 Å². The Kier molecular flexibility index (Phi) is 1.67. The quantitative estimate of drug-likeness (QED) is 0.334. The van der Waals surface area contributed by atoms with Crippen molar-refractivity contribution in [3.05, 3.63) is 60.0 Å². The van der Waals surface area contributed by atoms with Crippen LogP contribution in [0.1, 0.15) is 0 Å². The van der Waals surface area contributed by atoms with Crippen molar-refractivity contribution in [2.45, 2.75) is 0 Å². The van der Waals surface area contributed by atoms with E-state index in [1.165, 1.54) is 43.1 Å². The van der Waals surface area contributed by atoms with Crippen molar-refractivity contribution in [2.24, 2.45) is 0 Å². The lowest BCUT2D eigenvalue weighted by molar-refractivity contribution is 1.70. The highest BCUT2D eigenvalue weighted by Gasteiger charge is 2.21.